The fraction of sp³-hybridized carbons (Fsp3) is 0.600. The Bertz CT molecular complexity index is 297. The van der Waals surface area contributed by atoms with Crippen molar-refractivity contribution in [2.75, 3.05) is 31.2 Å². The number of hydrogen-bond acceptors (Lipinski definition) is 4. The summed E-state index contributed by atoms with van der Waals surface area (Å²) in [6.45, 7) is 5.56. The van der Waals surface area contributed by atoms with Gasteiger partial charge < -0.3 is 9.64 Å². The molecule has 0 bridgehead atoms. The number of morpholine rings is 1. The van der Waals surface area contributed by atoms with Crippen LogP contribution in [0.1, 0.15) is 12.6 Å². The van der Waals surface area contributed by atoms with Gasteiger partial charge in [-0.1, -0.05) is 6.92 Å². The number of rotatable bonds is 2. The van der Waals surface area contributed by atoms with Crippen LogP contribution >= 0.6 is 0 Å². The van der Waals surface area contributed by atoms with Crippen LogP contribution < -0.4 is 4.90 Å². The lowest BCUT2D eigenvalue weighted by Crippen LogP contribution is -2.36. The molecule has 2 heterocycles. The van der Waals surface area contributed by atoms with Gasteiger partial charge in [-0.3, -0.25) is 0 Å². The molecule has 1 aliphatic heterocycles. The van der Waals surface area contributed by atoms with Crippen molar-refractivity contribution >= 4 is 5.82 Å². The molecule has 0 spiro atoms. The Balaban J connectivity index is 2.13. The van der Waals surface area contributed by atoms with E-state index in [9.17, 15) is 0 Å². The Labute approximate surface area is 83.9 Å². The van der Waals surface area contributed by atoms with E-state index in [1.807, 2.05) is 0 Å². The minimum absolute atomic E-state index is 0.797. The van der Waals surface area contributed by atoms with Crippen LogP contribution in [0.25, 0.3) is 0 Å². The van der Waals surface area contributed by atoms with E-state index in [2.05, 4.69) is 27.9 Å². The Morgan fingerprint density at radius 1 is 1.36 bits per heavy atom. The van der Waals surface area contributed by atoms with Crippen LogP contribution in [0.3, 0.4) is 0 Å². The molecule has 1 aliphatic rings. The maximum atomic E-state index is 5.29. The van der Waals surface area contributed by atoms with Crippen LogP contribution in [0, 0.1) is 0 Å². The average molecular weight is 193 g/mol. The second-order valence-electron chi connectivity index (χ2n) is 3.32. The first kappa shape index (κ1) is 9.40. The molecular formula is C10H15N3O. The van der Waals surface area contributed by atoms with Crippen molar-refractivity contribution in [3.05, 3.63) is 18.1 Å². The molecule has 0 amide bonds. The van der Waals surface area contributed by atoms with E-state index in [-0.39, 0.29) is 0 Å². The zero-order chi connectivity index (χ0) is 9.80. The predicted molar refractivity (Wildman–Crippen MR) is 54.4 cm³/mol. The number of hydrogen-bond donors (Lipinski definition) is 0. The lowest BCUT2D eigenvalue weighted by molar-refractivity contribution is 0.122. The minimum Gasteiger partial charge on any atom is -0.378 e. The smallest absolute Gasteiger partial charge is 0.132 e. The van der Waals surface area contributed by atoms with Crippen molar-refractivity contribution in [2.24, 2.45) is 0 Å². The Kier molecular flexibility index (Phi) is 2.93. The van der Waals surface area contributed by atoms with Crippen LogP contribution in [0.4, 0.5) is 5.82 Å². The highest BCUT2D eigenvalue weighted by molar-refractivity contribution is 5.39. The van der Waals surface area contributed by atoms with Gasteiger partial charge in [0.2, 0.25) is 0 Å². The molecule has 1 saturated heterocycles. The van der Waals surface area contributed by atoms with Crippen molar-refractivity contribution in [1.82, 2.24) is 9.97 Å². The molecule has 1 fully saturated rings. The van der Waals surface area contributed by atoms with Crippen LogP contribution in [-0.4, -0.2) is 36.3 Å². The average Bonchev–Trinajstić information content (AvgIpc) is 2.30. The molecular weight excluding hydrogens is 178 g/mol. The Hall–Kier alpha value is -1.16. The first-order chi connectivity index (χ1) is 6.90. The van der Waals surface area contributed by atoms with Crippen molar-refractivity contribution in [1.29, 1.82) is 0 Å². The lowest BCUT2D eigenvalue weighted by Gasteiger charge is -2.27. The summed E-state index contributed by atoms with van der Waals surface area (Å²) < 4.78 is 5.29. The molecule has 0 atom stereocenters. The topological polar surface area (TPSA) is 38.2 Å². The maximum absolute atomic E-state index is 5.29. The summed E-state index contributed by atoms with van der Waals surface area (Å²) in [5.41, 5.74) is 1.10. The molecule has 0 unspecified atom stereocenters. The van der Waals surface area contributed by atoms with Gasteiger partial charge in [-0.15, -0.1) is 0 Å². The second-order valence-corrected chi connectivity index (χ2v) is 3.32. The van der Waals surface area contributed by atoms with E-state index in [1.165, 1.54) is 0 Å². The van der Waals surface area contributed by atoms with Gasteiger partial charge in [0, 0.05) is 24.8 Å². The summed E-state index contributed by atoms with van der Waals surface area (Å²) in [6, 6.07) is 2.06. The largest absolute Gasteiger partial charge is 0.378 e. The zero-order valence-electron chi connectivity index (χ0n) is 8.44. The predicted octanol–water partition coefficient (Wildman–Crippen LogP) is 0.876. The quantitative estimate of drug-likeness (QED) is 0.698. The first-order valence-electron chi connectivity index (χ1n) is 5.04. The van der Waals surface area contributed by atoms with Crippen molar-refractivity contribution in [2.45, 2.75) is 13.3 Å². The molecule has 76 valence electrons. The molecule has 0 radical (unpaired) electrons. The second kappa shape index (κ2) is 4.37. The first-order valence-corrected chi connectivity index (χ1v) is 5.04. The number of ether oxygens (including phenoxy) is 1. The summed E-state index contributed by atoms with van der Waals surface area (Å²) in [4.78, 5) is 10.7. The number of aryl methyl sites for hydroxylation is 1. The number of nitrogens with zero attached hydrogens (tertiary/aromatic N) is 3. The summed E-state index contributed by atoms with van der Waals surface area (Å²) in [6.07, 6.45) is 2.60. The lowest BCUT2D eigenvalue weighted by atomic mass is 10.3. The number of aromatic nitrogens is 2. The molecule has 2 rings (SSSR count). The summed E-state index contributed by atoms with van der Waals surface area (Å²) in [5, 5.41) is 0. The molecule has 0 aromatic carbocycles. The van der Waals surface area contributed by atoms with Gasteiger partial charge >= 0.3 is 0 Å². The van der Waals surface area contributed by atoms with E-state index >= 15 is 0 Å². The van der Waals surface area contributed by atoms with Gasteiger partial charge in [0.25, 0.3) is 0 Å². The highest BCUT2D eigenvalue weighted by Crippen LogP contribution is 2.12. The standard InChI is InChI=1S/C10H15N3O/c1-2-9-7-10(12-8-11-9)13-3-5-14-6-4-13/h7-8H,2-6H2,1H3. The highest BCUT2D eigenvalue weighted by atomic mass is 16.5. The summed E-state index contributed by atoms with van der Waals surface area (Å²) in [7, 11) is 0. The van der Waals surface area contributed by atoms with Gasteiger partial charge in [0.15, 0.2) is 0 Å². The third-order valence-corrected chi connectivity index (χ3v) is 2.41. The molecule has 14 heavy (non-hydrogen) atoms. The van der Waals surface area contributed by atoms with Crippen LogP contribution in [-0.2, 0) is 11.2 Å². The number of anilines is 1. The van der Waals surface area contributed by atoms with Gasteiger partial charge in [-0.05, 0) is 6.42 Å². The SMILES string of the molecule is CCc1cc(N2CCOCC2)ncn1. The highest BCUT2D eigenvalue weighted by Gasteiger charge is 2.12. The summed E-state index contributed by atoms with van der Waals surface area (Å²) >= 11 is 0. The van der Waals surface area contributed by atoms with E-state index in [0.717, 1.165) is 44.2 Å². The van der Waals surface area contributed by atoms with Gasteiger partial charge in [-0.25, -0.2) is 9.97 Å². The van der Waals surface area contributed by atoms with Crippen molar-refractivity contribution in [3.8, 4) is 0 Å². The molecule has 0 N–H and O–H groups in total. The van der Waals surface area contributed by atoms with E-state index in [4.69, 9.17) is 4.74 Å². The maximum Gasteiger partial charge on any atom is 0.132 e. The minimum atomic E-state index is 0.797. The molecule has 1 aromatic heterocycles. The summed E-state index contributed by atoms with van der Waals surface area (Å²) in [5.74, 6) is 1.03. The van der Waals surface area contributed by atoms with Crippen LogP contribution in [0.2, 0.25) is 0 Å². The monoisotopic (exact) mass is 193 g/mol. The molecule has 1 aromatic rings. The van der Waals surface area contributed by atoms with E-state index in [1.54, 1.807) is 6.33 Å². The third kappa shape index (κ3) is 2.01. The molecule has 4 nitrogen and oxygen atoms in total. The Morgan fingerprint density at radius 2 is 2.14 bits per heavy atom. The Morgan fingerprint density at radius 3 is 2.86 bits per heavy atom. The fourth-order valence-electron chi connectivity index (χ4n) is 1.54. The van der Waals surface area contributed by atoms with Crippen LogP contribution in [0.15, 0.2) is 12.4 Å². The molecule has 4 heteroatoms. The van der Waals surface area contributed by atoms with E-state index < -0.39 is 0 Å². The fourth-order valence-corrected chi connectivity index (χ4v) is 1.54. The zero-order valence-corrected chi connectivity index (χ0v) is 8.44. The van der Waals surface area contributed by atoms with Gasteiger partial charge in [0.05, 0.1) is 13.2 Å². The van der Waals surface area contributed by atoms with Gasteiger partial charge in [0.1, 0.15) is 12.1 Å². The van der Waals surface area contributed by atoms with Gasteiger partial charge in [-0.2, -0.15) is 0 Å². The van der Waals surface area contributed by atoms with Crippen molar-refractivity contribution < 1.29 is 4.74 Å². The van der Waals surface area contributed by atoms with Crippen molar-refractivity contribution in [3.63, 3.8) is 0 Å². The molecule has 0 saturated carbocycles. The molecule has 0 aliphatic carbocycles. The van der Waals surface area contributed by atoms with Crippen LogP contribution in [0.5, 0.6) is 0 Å². The van der Waals surface area contributed by atoms with E-state index in [0.29, 0.717) is 0 Å². The normalized spacial score (nSPS) is 17.1. The third-order valence-electron chi connectivity index (χ3n) is 2.41.